The molecule has 0 atom stereocenters. The molecular weight excluding hydrogens is 414 g/mol. The molecular formula is C20H14ClN3O4S. The summed E-state index contributed by atoms with van der Waals surface area (Å²) in [7, 11) is 0. The van der Waals surface area contributed by atoms with Crippen LogP contribution in [0.4, 0.5) is 11.4 Å². The molecule has 7 nitrogen and oxygen atoms in total. The fourth-order valence-electron chi connectivity index (χ4n) is 2.61. The Kier molecular flexibility index (Phi) is 5.20. The number of amides is 2. The normalized spacial score (nSPS) is 10.7. The highest BCUT2D eigenvalue weighted by Gasteiger charge is 2.20. The predicted molar refractivity (Wildman–Crippen MR) is 111 cm³/mol. The van der Waals surface area contributed by atoms with Crippen LogP contribution in [0.1, 0.15) is 26.8 Å². The highest BCUT2D eigenvalue weighted by atomic mass is 35.5. The number of carbonyl (C=O) groups is 2. The molecule has 2 amide bonds. The van der Waals surface area contributed by atoms with Gasteiger partial charge in [0.25, 0.3) is 11.8 Å². The molecule has 0 unspecified atom stereocenters. The van der Waals surface area contributed by atoms with Crippen molar-refractivity contribution in [2.45, 2.75) is 6.92 Å². The van der Waals surface area contributed by atoms with E-state index in [0.717, 1.165) is 4.88 Å². The van der Waals surface area contributed by atoms with Crippen molar-refractivity contribution >= 4 is 46.1 Å². The molecule has 2 N–H and O–H groups in total. The minimum Gasteiger partial charge on any atom is -0.459 e. The zero-order chi connectivity index (χ0) is 20.4. The average molecular weight is 428 g/mol. The number of thiophene rings is 1. The van der Waals surface area contributed by atoms with Gasteiger partial charge in [0.1, 0.15) is 5.76 Å². The highest BCUT2D eigenvalue weighted by Crippen LogP contribution is 2.29. The van der Waals surface area contributed by atoms with Crippen molar-refractivity contribution in [3.05, 3.63) is 76.3 Å². The van der Waals surface area contributed by atoms with Gasteiger partial charge in [-0.1, -0.05) is 17.7 Å². The molecule has 4 rings (SSSR count). The highest BCUT2D eigenvalue weighted by molar-refractivity contribution is 7.13. The summed E-state index contributed by atoms with van der Waals surface area (Å²) in [6.45, 7) is 1.67. The number of nitrogens with zero attached hydrogens (tertiary/aromatic N) is 1. The summed E-state index contributed by atoms with van der Waals surface area (Å²) in [5, 5.41) is 7.72. The van der Waals surface area contributed by atoms with Crippen molar-refractivity contribution < 1.29 is 18.4 Å². The monoisotopic (exact) mass is 427 g/mol. The Balaban J connectivity index is 1.58. The fraction of sp³-hybridized carbons (Fsp3) is 0.0500. The largest absolute Gasteiger partial charge is 0.459 e. The van der Waals surface area contributed by atoms with Gasteiger partial charge in [0.15, 0.2) is 11.5 Å². The smallest absolute Gasteiger partial charge is 0.291 e. The Hall–Kier alpha value is -3.36. The first-order chi connectivity index (χ1) is 14.0. The Bertz CT molecular complexity index is 1170. The van der Waals surface area contributed by atoms with Gasteiger partial charge in [-0.2, -0.15) is 0 Å². The van der Waals surface area contributed by atoms with E-state index in [9.17, 15) is 9.59 Å². The van der Waals surface area contributed by atoms with Crippen molar-refractivity contribution in [2.75, 3.05) is 10.6 Å². The first kappa shape index (κ1) is 19.0. The summed E-state index contributed by atoms with van der Waals surface area (Å²) in [4.78, 5) is 30.2. The molecule has 0 aliphatic rings. The molecule has 3 aromatic heterocycles. The number of aryl methyl sites for hydroxylation is 1. The molecule has 0 bridgehead atoms. The summed E-state index contributed by atoms with van der Waals surface area (Å²) in [6.07, 6.45) is 1.40. The van der Waals surface area contributed by atoms with Crippen LogP contribution in [0.2, 0.25) is 5.02 Å². The van der Waals surface area contributed by atoms with E-state index in [0.29, 0.717) is 28.0 Å². The van der Waals surface area contributed by atoms with Crippen LogP contribution in [0.3, 0.4) is 0 Å². The molecule has 0 spiro atoms. The number of furan rings is 1. The lowest BCUT2D eigenvalue weighted by Crippen LogP contribution is -2.17. The van der Waals surface area contributed by atoms with E-state index in [1.54, 1.807) is 25.1 Å². The topological polar surface area (TPSA) is 97.4 Å². The van der Waals surface area contributed by atoms with Crippen LogP contribution >= 0.6 is 22.9 Å². The number of oxazole rings is 1. The quantitative estimate of drug-likeness (QED) is 0.440. The van der Waals surface area contributed by atoms with Gasteiger partial charge in [0, 0.05) is 5.02 Å². The Labute approximate surface area is 174 Å². The number of rotatable bonds is 5. The molecule has 146 valence electrons. The van der Waals surface area contributed by atoms with E-state index in [2.05, 4.69) is 15.6 Å². The van der Waals surface area contributed by atoms with Gasteiger partial charge in [0.05, 0.1) is 22.5 Å². The number of hydrogen-bond acceptors (Lipinski definition) is 6. The fourth-order valence-corrected chi connectivity index (χ4v) is 3.44. The summed E-state index contributed by atoms with van der Waals surface area (Å²) in [5.41, 5.74) is 0.845. The van der Waals surface area contributed by atoms with E-state index in [1.165, 1.54) is 29.7 Å². The van der Waals surface area contributed by atoms with E-state index in [1.807, 2.05) is 17.5 Å². The zero-order valence-electron chi connectivity index (χ0n) is 15.1. The van der Waals surface area contributed by atoms with Crippen LogP contribution in [-0.2, 0) is 0 Å². The van der Waals surface area contributed by atoms with Crippen molar-refractivity contribution in [3.63, 3.8) is 0 Å². The molecule has 3 heterocycles. The third kappa shape index (κ3) is 4.08. The summed E-state index contributed by atoms with van der Waals surface area (Å²) in [5.74, 6) is -0.0310. The molecule has 0 saturated carbocycles. The van der Waals surface area contributed by atoms with Crippen molar-refractivity contribution in [3.8, 4) is 10.8 Å². The van der Waals surface area contributed by atoms with Gasteiger partial charge in [-0.3, -0.25) is 9.59 Å². The van der Waals surface area contributed by atoms with Crippen LogP contribution < -0.4 is 10.6 Å². The van der Waals surface area contributed by atoms with Gasteiger partial charge in [-0.05, 0) is 48.7 Å². The molecule has 0 radical (unpaired) electrons. The molecule has 29 heavy (non-hydrogen) atoms. The number of halogens is 1. The summed E-state index contributed by atoms with van der Waals surface area (Å²) in [6, 6.07) is 11.6. The molecule has 0 saturated heterocycles. The van der Waals surface area contributed by atoms with E-state index in [4.69, 9.17) is 20.4 Å². The molecule has 0 aliphatic carbocycles. The lowest BCUT2D eigenvalue weighted by atomic mass is 10.2. The SMILES string of the molecule is Cc1oc(-c2cccs2)nc1C(=O)Nc1ccc(Cl)cc1NC(=O)c1ccco1. The minimum absolute atomic E-state index is 0.134. The molecule has 0 aliphatic heterocycles. The second-order valence-corrected chi connectivity index (χ2v) is 7.36. The van der Waals surface area contributed by atoms with E-state index in [-0.39, 0.29) is 11.5 Å². The maximum atomic E-state index is 12.8. The Morgan fingerprint density at radius 2 is 1.90 bits per heavy atom. The van der Waals surface area contributed by atoms with Crippen LogP contribution in [0.25, 0.3) is 10.8 Å². The number of hydrogen-bond donors (Lipinski definition) is 2. The van der Waals surface area contributed by atoms with Gasteiger partial charge >= 0.3 is 0 Å². The number of anilines is 2. The average Bonchev–Trinajstić information content (AvgIpc) is 3.45. The molecule has 9 heteroatoms. The lowest BCUT2D eigenvalue weighted by Gasteiger charge is -2.11. The van der Waals surface area contributed by atoms with Crippen LogP contribution in [0.5, 0.6) is 0 Å². The third-order valence-electron chi connectivity index (χ3n) is 3.97. The Morgan fingerprint density at radius 1 is 1.07 bits per heavy atom. The van der Waals surface area contributed by atoms with Gasteiger partial charge < -0.3 is 19.5 Å². The van der Waals surface area contributed by atoms with Crippen LogP contribution in [0.15, 0.2) is 62.9 Å². The van der Waals surface area contributed by atoms with Crippen molar-refractivity contribution in [1.82, 2.24) is 4.98 Å². The molecule has 0 fully saturated rings. The first-order valence-electron chi connectivity index (χ1n) is 8.48. The summed E-state index contributed by atoms with van der Waals surface area (Å²) < 4.78 is 10.7. The zero-order valence-corrected chi connectivity index (χ0v) is 16.6. The van der Waals surface area contributed by atoms with Crippen LogP contribution in [-0.4, -0.2) is 16.8 Å². The van der Waals surface area contributed by atoms with Gasteiger partial charge in [0.2, 0.25) is 5.89 Å². The van der Waals surface area contributed by atoms with Gasteiger partial charge in [-0.15, -0.1) is 11.3 Å². The Morgan fingerprint density at radius 3 is 2.62 bits per heavy atom. The number of benzene rings is 1. The number of aromatic nitrogens is 1. The minimum atomic E-state index is -0.468. The van der Waals surface area contributed by atoms with Crippen LogP contribution in [0, 0.1) is 6.92 Å². The van der Waals surface area contributed by atoms with Crippen molar-refractivity contribution in [1.29, 1.82) is 0 Å². The van der Waals surface area contributed by atoms with Gasteiger partial charge in [-0.25, -0.2) is 4.98 Å². The second-order valence-electron chi connectivity index (χ2n) is 5.98. The molecule has 4 aromatic rings. The first-order valence-corrected chi connectivity index (χ1v) is 9.74. The molecule has 1 aromatic carbocycles. The van der Waals surface area contributed by atoms with E-state index >= 15 is 0 Å². The number of carbonyl (C=O) groups excluding carboxylic acids is 2. The number of nitrogens with one attached hydrogen (secondary N) is 2. The standard InChI is InChI=1S/C20H14ClN3O4S/c1-11-17(24-20(28-11)16-5-3-9-29-16)19(26)22-13-7-6-12(21)10-14(13)23-18(25)15-4-2-8-27-15/h2-10H,1H3,(H,22,26)(H,23,25). The lowest BCUT2D eigenvalue weighted by molar-refractivity contribution is 0.0992. The maximum absolute atomic E-state index is 12.8. The second kappa shape index (κ2) is 7.94. The third-order valence-corrected chi connectivity index (χ3v) is 5.06. The summed E-state index contributed by atoms with van der Waals surface area (Å²) >= 11 is 7.52. The van der Waals surface area contributed by atoms with Crippen molar-refractivity contribution in [2.24, 2.45) is 0 Å². The van der Waals surface area contributed by atoms with E-state index < -0.39 is 11.8 Å². The maximum Gasteiger partial charge on any atom is 0.291 e. The predicted octanol–water partition coefficient (Wildman–Crippen LogP) is 5.46.